The molecule has 0 aromatic rings. The zero-order valence-corrected chi connectivity index (χ0v) is 7.26. The minimum Gasteiger partial charge on any atom is -0.477 e. The second-order valence-electron chi connectivity index (χ2n) is 3.18. The molecule has 13 heavy (non-hydrogen) atoms. The molecule has 1 saturated carbocycles. The molecule has 0 spiro atoms. The van der Waals surface area contributed by atoms with E-state index in [0.29, 0.717) is 38.3 Å². The molecule has 0 amide bonds. The van der Waals surface area contributed by atoms with E-state index in [1.807, 2.05) is 0 Å². The van der Waals surface area contributed by atoms with Gasteiger partial charge < -0.3 is 10.1 Å². The van der Waals surface area contributed by atoms with Crippen molar-refractivity contribution in [3.63, 3.8) is 0 Å². The van der Waals surface area contributed by atoms with Crippen molar-refractivity contribution < 1.29 is 14.3 Å². The summed E-state index contributed by atoms with van der Waals surface area (Å²) in [6, 6.07) is 0. The lowest BCUT2D eigenvalue weighted by molar-refractivity contribution is -0.124. The Kier molecular flexibility index (Phi) is 2.04. The highest BCUT2D eigenvalue weighted by Crippen LogP contribution is 2.20. The van der Waals surface area contributed by atoms with Gasteiger partial charge in [-0.25, -0.2) is 0 Å². The van der Waals surface area contributed by atoms with Crippen LogP contribution in [-0.2, 0) is 14.3 Å². The Hall–Kier alpha value is -1.32. The second kappa shape index (κ2) is 3.20. The van der Waals surface area contributed by atoms with Gasteiger partial charge in [0, 0.05) is 12.8 Å². The van der Waals surface area contributed by atoms with E-state index < -0.39 is 0 Å². The number of nitrogens with one attached hydrogen (secondary N) is 1. The zero-order chi connectivity index (χ0) is 9.26. The minimum atomic E-state index is -0.0827. The average molecular weight is 181 g/mol. The van der Waals surface area contributed by atoms with Gasteiger partial charge in [-0.1, -0.05) is 0 Å². The molecule has 0 atom stereocenters. The van der Waals surface area contributed by atoms with Crippen molar-refractivity contribution >= 4 is 11.6 Å². The van der Waals surface area contributed by atoms with E-state index >= 15 is 0 Å². The van der Waals surface area contributed by atoms with Crippen molar-refractivity contribution in [3.8, 4) is 0 Å². The predicted molar refractivity (Wildman–Crippen MR) is 44.8 cm³/mol. The quantitative estimate of drug-likeness (QED) is 0.426. The van der Waals surface area contributed by atoms with Crippen molar-refractivity contribution in [2.24, 2.45) is 0 Å². The molecular formula is C9H11NO3. The molecule has 70 valence electrons. The Bertz CT molecular complexity index is 267. The normalized spacial score (nSPS) is 23.1. The van der Waals surface area contributed by atoms with Gasteiger partial charge in [-0.15, -0.1) is 0 Å². The van der Waals surface area contributed by atoms with Gasteiger partial charge in [0.15, 0.2) is 11.6 Å². The second-order valence-corrected chi connectivity index (χ2v) is 3.18. The van der Waals surface area contributed by atoms with E-state index in [1.54, 1.807) is 0 Å². The summed E-state index contributed by atoms with van der Waals surface area (Å²) in [4.78, 5) is 22.8. The largest absolute Gasteiger partial charge is 0.477 e. The van der Waals surface area contributed by atoms with Crippen LogP contribution in [0.25, 0.3) is 0 Å². The number of ether oxygens (including phenoxy) is 1. The summed E-state index contributed by atoms with van der Waals surface area (Å²) in [7, 11) is 0. The fourth-order valence-corrected chi connectivity index (χ4v) is 1.60. The average Bonchev–Trinajstić information content (AvgIpc) is 2.57. The van der Waals surface area contributed by atoms with Crippen molar-refractivity contribution in [2.75, 3.05) is 13.2 Å². The lowest BCUT2D eigenvalue weighted by Gasteiger charge is -2.13. The molecule has 1 N–H and O–H groups in total. The Morgan fingerprint density at radius 3 is 2.38 bits per heavy atom. The van der Waals surface area contributed by atoms with Crippen LogP contribution in [0.5, 0.6) is 0 Å². The first kappa shape index (κ1) is 8.29. The molecule has 1 saturated heterocycles. The van der Waals surface area contributed by atoms with Gasteiger partial charge in [-0.2, -0.15) is 0 Å². The number of carbonyl (C=O) groups excluding carboxylic acids is 2. The Morgan fingerprint density at radius 2 is 1.85 bits per heavy atom. The summed E-state index contributed by atoms with van der Waals surface area (Å²) in [5.41, 5.74) is 0.253. The Balaban J connectivity index is 2.31. The maximum Gasteiger partial charge on any atom is 0.201 e. The van der Waals surface area contributed by atoms with E-state index in [4.69, 9.17) is 4.74 Å². The fraction of sp³-hybridized carbons (Fsp3) is 0.556. The molecule has 1 aliphatic carbocycles. The molecule has 1 heterocycles. The van der Waals surface area contributed by atoms with Crippen molar-refractivity contribution in [1.82, 2.24) is 5.32 Å². The first-order chi connectivity index (χ1) is 6.29. The number of carbonyl (C=O) groups is 2. The van der Waals surface area contributed by atoms with Crippen LogP contribution in [-0.4, -0.2) is 24.7 Å². The van der Waals surface area contributed by atoms with E-state index in [1.165, 1.54) is 0 Å². The smallest absolute Gasteiger partial charge is 0.201 e. The van der Waals surface area contributed by atoms with Gasteiger partial charge in [0.1, 0.15) is 12.2 Å². The molecule has 0 unspecified atom stereocenters. The van der Waals surface area contributed by atoms with Crippen LogP contribution in [0, 0.1) is 0 Å². The van der Waals surface area contributed by atoms with Crippen LogP contribution in [0.1, 0.15) is 19.3 Å². The summed E-state index contributed by atoms with van der Waals surface area (Å²) in [6.07, 6.45) is 1.61. The molecule has 2 aliphatic rings. The van der Waals surface area contributed by atoms with Crippen LogP contribution in [0.2, 0.25) is 0 Å². The number of hydrogen-bond acceptors (Lipinski definition) is 4. The standard InChI is InChI=1S/C9H11NO3/c11-6-2-1-3-7(12)8(6)9-10-4-5-13-9/h10H,1-5H2. The van der Waals surface area contributed by atoms with Crippen molar-refractivity contribution in [2.45, 2.75) is 19.3 Å². The molecule has 2 fully saturated rings. The zero-order valence-electron chi connectivity index (χ0n) is 7.26. The third-order valence-electron chi connectivity index (χ3n) is 2.23. The molecule has 0 aromatic carbocycles. The van der Waals surface area contributed by atoms with Crippen molar-refractivity contribution in [3.05, 3.63) is 11.5 Å². The molecule has 0 radical (unpaired) electrons. The molecule has 4 heteroatoms. The summed E-state index contributed by atoms with van der Waals surface area (Å²) in [5.74, 6) is 0.232. The predicted octanol–water partition coefficient (Wildman–Crippen LogP) is 0.140. The fourth-order valence-electron chi connectivity index (χ4n) is 1.60. The minimum absolute atomic E-state index is 0.0827. The highest BCUT2D eigenvalue weighted by Gasteiger charge is 2.29. The molecule has 4 nitrogen and oxygen atoms in total. The number of allylic oxidation sites excluding steroid dienone is 1. The summed E-state index contributed by atoms with van der Waals surface area (Å²) >= 11 is 0. The first-order valence-electron chi connectivity index (χ1n) is 4.46. The van der Waals surface area contributed by atoms with E-state index in [-0.39, 0.29) is 17.1 Å². The van der Waals surface area contributed by atoms with Crippen LogP contribution in [0.15, 0.2) is 11.5 Å². The van der Waals surface area contributed by atoms with Gasteiger partial charge in [0.2, 0.25) is 5.88 Å². The van der Waals surface area contributed by atoms with Gasteiger partial charge in [-0.3, -0.25) is 9.59 Å². The van der Waals surface area contributed by atoms with Crippen LogP contribution >= 0.6 is 0 Å². The highest BCUT2D eigenvalue weighted by atomic mass is 16.5. The van der Waals surface area contributed by atoms with Gasteiger partial charge in [0.25, 0.3) is 0 Å². The molecule has 1 aliphatic heterocycles. The maximum atomic E-state index is 11.4. The number of rotatable bonds is 0. The molecular weight excluding hydrogens is 170 g/mol. The molecule has 2 rings (SSSR count). The third-order valence-corrected chi connectivity index (χ3v) is 2.23. The van der Waals surface area contributed by atoms with Gasteiger partial charge >= 0.3 is 0 Å². The van der Waals surface area contributed by atoms with E-state index in [2.05, 4.69) is 5.32 Å². The third kappa shape index (κ3) is 1.43. The van der Waals surface area contributed by atoms with Crippen LogP contribution < -0.4 is 5.32 Å². The Morgan fingerprint density at radius 1 is 1.15 bits per heavy atom. The molecule has 0 aromatic heterocycles. The van der Waals surface area contributed by atoms with Gasteiger partial charge in [0.05, 0.1) is 6.54 Å². The molecule has 0 bridgehead atoms. The monoisotopic (exact) mass is 181 g/mol. The first-order valence-corrected chi connectivity index (χ1v) is 4.46. The van der Waals surface area contributed by atoms with Gasteiger partial charge in [-0.05, 0) is 6.42 Å². The summed E-state index contributed by atoms with van der Waals surface area (Å²) in [5, 5.41) is 2.90. The van der Waals surface area contributed by atoms with Crippen LogP contribution in [0.4, 0.5) is 0 Å². The summed E-state index contributed by atoms with van der Waals surface area (Å²) in [6.45, 7) is 1.22. The maximum absolute atomic E-state index is 11.4. The lowest BCUT2D eigenvalue weighted by Crippen LogP contribution is -2.23. The number of hydrogen-bond donors (Lipinski definition) is 1. The summed E-state index contributed by atoms with van der Waals surface area (Å²) < 4.78 is 5.16. The van der Waals surface area contributed by atoms with E-state index in [0.717, 1.165) is 0 Å². The Labute approximate surface area is 75.9 Å². The number of ketones is 2. The highest BCUT2D eigenvalue weighted by molar-refractivity contribution is 6.22. The van der Waals surface area contributed by atoms with E-state index in [9.17, 15) is 9.59 Å². The topological polar surface area (TPSA) is 55.4 Å². The van der Waals surface area contributed by atoms with Crippen LogP contribution in [0.3, 0.4) is 0 Å². The lowest BCUT2D eigenvalue weighted by atomic mass is 9.92. The SMILES string of the molecule is O=C1CCCC(=O)C1=C1NCCO1. The number of Topliss-reactive ketones (excluding diaryl/α,β-unsaturated/α-hetero) is 2. The van der Waals surface area contributed by atoms with Crippen molar-refractivity contribution in [1.29, 1.82) is 0 Å².